The van der Waals surface area contributed by atoms with Gasteiger partial charge in [-0.05, 0) is 86.1 Å². The van der Waals surface area contributed by atoms with Gasteiger partial charge >= 0.3 is 0 Å². The summed E-state index contributed by atoms with van der Waals surface area (Å²) in [5, 5.41) is 14.1. The van der Waals surface area contributed by atoms with Crippen LogP contribution in [0.15, 0.2) is 18.2 Å². The highest BCUT2D eigenvalue weighted by Gasteiger charge is 2.40. The molecular formula is C30H50N2O5. The molecule has 2 unspecified atom stereocenters. The van der Waals surface area contributed by atoms with E-state index in [-0.39, 0.29) is 11.8 Å². The molecule has 0 bridgehead atoms. The molecule has 3 rings (SSSR count). The van der Waals surface area contributed by atoms with Crippen molar-refractivity contribution in [1.82, 2.24) is 10.2 Å². The molecule has 0 spiro atoms. The van der Waals surface area contributed by atoms with Gasteiger partial charge in [0.15, 0.2) is 11.5 Å². The maximum absolute atomic E-state index is 13.1. The Bertz CT molecular complexity index is 841. The van der Waals surface area contributed by atoms with Gasteiger partial charge < -0.3 is 29.5 Å². The van der Waals surface area contributed by atoms with E-state index in [0.29, 0.717) is 42.9 Å². The first-order chi connectivity index (χ1) is 17.7. The maximum atomic E-state index is 13.1. The molecule has 0 radical (unpaired) electrons. The summed E-state index contributed by atoms with van der Waals surface area (Å²) in [5.74, 6) is 3.40. The standard InChI is InChI=1S/C30H50N2O5/c1-20(2)23(14-22-8-11-27(36-6)28(15-22)37-13-7-12-35-5)16-24-17-31-18-25(24)19-32(26-9-10-26)30(34)29(33)21(3)4/h8,11,15,20-21,23-26,29,31,33H,7,9-10,12-14,16-19H2,1-6H3/t23?,24-,25+,29?/m1/s1. The summed E-state index contributed by atoms with van der Waals surface area (Å²) in [4.78, 5) is 15.1. The number of aliphatic hydroxyl groups is 1. The average Bonchev–Trinajstić information content (AvgIpc) is 3.63. The van der Waals surface area contributed by atoms with Gasteiger partial charge in [-0.25, -0.2) is 0 Å². The second kappa shape index (κ2) is 14.4. The zero-order chi connectivity index (χ0) is 26.9. The van der Waals surface area contributed by atoms with Crippen LogP contribution in [0.4, 0.5) is 0 Å². The summed E-state index contributed by atoms with van der Waals surface area (Å²) in [6.07, 6.45) is 4.15. The third-order valence-corrected chi connectivity index (χ3v) is 8.09. The first-order valence-electron chi connectivity index (χ1n) is 14.2. The van der Waals surface area contributed by atoms with E-state index in [1.165, 1.54) is 5.56 Å². The van der Waals surface area contributed by atoms with E-state index in [2.05, 4.69) is 31.3 Å². The van der Waals surface area contributed by atoms with Crippen molar-refractivity contribution in [2.75, 3.05) is 47.1 Å². The first kappa shape index (κ1) is 29.7. The normalized spacial score (nSPS) is 21.3. The Morgan fingerprint density at radius 1 is 1.05 bits per heavy atom. The molecule has 1 aromatic rings. The van der Waals surface area contributed by atoms with Gasteiger partial charge in [0.1, 0.15) is 6.10 Å². The van der Waals surface area contributed by atoms with Crippen molar-refractivity contribution >= 4 is 5.91 Å². The molecule has 0 aromatic heterocycles. The van der Waals surface area contributed by atoms with Crippen LogP contribution >= 0.6 is 0 Å². The Labute approximate surface area is 224 Å². The first-order valence-corrected chi connectivity index (χ1v) is 14.2. The summed E-state index contributed by atoms with van der Waals surface area (Å²) < 4.78 is 16.7. The molecule has 1 saturated carbocycles. The molecule has 210 valence electrons. The molecule has 4 atom stereocenters. The average molecular weight is 519 g/mol. The van der Waals surface area contributed by atoms with Crippen molar-refractivity contribution in [2.45, 2.75) is 71.9 Å². The number of carbonyl (C=O) groups is 1. The Morgan fingerprint density at radius 2 is 1.78 bits per heavy atom. The lowest BCUT2D eigenvalue weighted by Crippen LogP contribution is -2.46. The molecule has 1 aliphatic carbocycles. The van der Waals surface area contributed by atoms with Gasteiger partial charge in [-0.2, -0.15) is 0 Å². The number of methoxy groups -OCH3 is 2. The summed E-state index contributed by atoms with van der Waals surface area (Å²) in [6.45, 7) is 12.4. The van der Waals surface area contributed by atoms with Gasteiger partial charge in [-0.3, -0.25) is 4.79 Å². The third kappa shape index (κ3) is 8.59. The van der Waals surface area contributed by atoms with Crippen molar-refractivity contribution in [1.29, 1.82) is 0 Å². The second-order valence-corrected chi connectivity index (χ2v) is 11.7. The van der Waals surface area contributed by atoms with Crippen LogP contribution in [0.1, 0.15) is 58.9 Å². The van der Waals surface area contributed by atoms with Crippen LogP contribution in [0.5, 0.6) is 11.5 Å². The van der Waals surface area contributed by atoms with Gasteiger partial charge in [-0.1, -0.05) is 33.8 Å². The molecule has 7 heteroatoms. The monoisotopic (exact) mass is 518 g/mol. The lowest BCUT2D eigenvalue weighted by molar-refractivity contribution is -0.143. The number of amides is 1. The largest absolute Gasteiger partial charge is 0.493 e. The van der Waals surface area contributed by atoms with Crippen molar-refractivity contribution < 1.29 is 24.1 Å². The number of rotatable bonds is 16. The van der Waals surface area contributed by atoms with Crippen LogP contribution in [-0.2, 0) is 16.0 Å². The Morgan fingerprint density at radius 3 is 2.41 bits per heavy atom. The minimum absolute atomic E-state index is 0.0603. The molecule has 1 aliphatic heterocycles. The van der Waals surface area contributed by atoms with Crippen molar-refractivity contribution in [3.63, 3.8) is 0 Å². The van der Waals surface area contributed by atoms with Gasteiger partial charge in [0.2, 0.25) is 0 Å². The van der Waals surface area contributed by atoms with Crippen LogP contribution in [0.2, 0.25) is 0 Å². The van der Waals surface area contributed by atoms with Crippen molar-refractivity contribution in [3.8, 4) is 11.5 Å². The summed E-state index contributed by atoms with van der Waals surface area (Å²) in [5.41, 5.74) is 1.26. The summed E-state index contributed by atoms with van der Waals surface area (Å²) in [6, 6.07) is 6.61. The fourth-order valence-corrected chi connectivity index (χ4v) is 5.42. The lowest BCUT2D eigenvalue weighted by atomic mass is 9.78. The maximum Gasteiger partial charge on any atom is 0.251 e. The molecule has 1 aromatic carbocycles. The molecule has 7 nitrogen and oxygen atoms in total. The van der Waals surface area contributed by atoms with E-state index in [9.17, 15) is 9.90 Å². The number of hydrogen-bond acceptors (Lipinski definition) is 6. The van der Waals surface area contributed by atoms with E-state index in [4.69, 9.17) is 14.2 Å². The minimum Gasteiger partial charge on any atom is -0.493 e. The Hall–Kier alpha value is -1.83. The van der Waals surface area contributed by atoms with E-state index >= 15 is 0 Å². The van der Waals surface area contributed by atoms with E-state index < -0.39 is 6.10 Å². The van der Waals surface area contributed by atoms with Crippen LogP contribution in [0.3, 0.4) is 0 Å². The third-order valence-electron chi connectivity index (χ3n) is 8.09. The molecule has 1 saturated heterocycles. The number of ether oxygens (including phenoxy) is 3. The van der Waals surface area contributed by atoms with E-state index in [1.54, 1.807) is 14.2 Å². The molecule has 2 N–H and O–H groups in total. The Balaban J connectivity index is 1.65. The number of nitrogens with zero attached hydrogens (tertiary/aromatic N) is 1. The fraction of sp³-hybridized carbons (Fsp3) is 0.767. The molecule has 1 heterocycles. The zero-order valence-electron chi connectivity index (χ0n) is 23.9. The molecule has 37 heavy (non-hydrogen) atoms. The number of aliphatic hydroxyl groups excluding tert-OH is 1. The van der Waals surface area contributed by atoms with Crippen LogP contribution in [0.25, 0.3) is 0 Å². The van der Waals surface area contributed by atoms with E-state index in [1.807, 2.05) is 24.8 Å². The molecular weight excluding hydrogens is 468 g/mol. The SMILES string of the molecule is COCCCOc1cc(CC(C[C@@H]2CNC[C@H]2CN(C(=O)C(O)C(C)C)C2CC2)C(C)C)ccc1OC. The second-order valence-electron chi connectivity index (χ2n) is 11.7. The van der Waals surface area contributed by atoms with Crippen LogP contribution < -0.4 is 14.8 Å². The highest BCUT2D eigenvalue weighted by molar-refractivity contribution is 5.81. The lowest BCUT2D eigenvalue weighted by Gasteiger charge is -2.33. The van der Waals surface area contributed by atoms with Crippen LogP contribution in [0, 0.1) is 29.6 Å². The van der Waals surface area contributed by atoms with Gasteiger partial charge in [0.25, 0.3) is 5.91 Å². The smallest absolute Gasteiger partial charge is 0.251 e. The number of nitrogens with one attached hydrogen (secondary N) is 1. The van der Waals surface area contributed by atoms with Gasteiger partial charge in [-0.15, -0.1) is 0 Å². The minimum atomic E-state index is -0.905. The zero-order valence-corrected chi connectivity index (χ0v) is 23.9. The molecule has 2 aliphatic rings. The topological polar surface area (TPSA) is 80.3 Å². The highest BCUT2D eigenvalue weighted by Crippen LogP contribution is 2.36. The van der Waals surface area contributed by atoms with Crippen molar-refractivity contribution in [3.05, 3.63) is 23.8 Å². The highest BCUT2D eigenvalue weighted by atomic mass is 16.5. The summed E-state index contributed by atoms with van der Waals surface area (Å²) >= 11 is 0. The predicted octanol–water partition coefficient (Wildman–Crippen LogP) is 4.16. The predicted molar refractivity (Wildman–Crippen MR) is 147 cm³/mol. The number of benzene rings is 1. The number of carbonyl (C=O) groups excluding carboxylic acids is 1. The van der Waals surface area contributed by atoms with Crippen LogP contribution in [-0.4, -0.2) is 75.1 Å². The fourth-order valence-electron chi connectivity index (χ4n) is 5.42. The number of hydrogen-bond donors (Lipinski definition) is 2. The molecule has 1 amide bonds. The summed E-state index contributed by atoms with van der Waals surface area (Å²) in [7, 11) is 3.38. The van der Waals surface area contributed by atoms with Gasteiger partial charge in [0.05, 0.1) is 13.7 Å². The molecule has 2 fully saturated rings. The van der Waals surface area contributed by atoms with Crippen molar-refractivity contribution in [2.24, 2.45) is 29.6 Å². The Kier molecular flexibility index (Phi) is 11.5. The quantitative estimate of drug-likeness (QED) is 0.320. The van der Waals surface area contributed by atoms with Gasteiger partial charge in [0, 0.05) is 32.7 Å². The van der Waals surface area contributed by atoms with E-state index in [0.717, 1.165) is 63.2 Å².